The van der Waals surface area contributed by atoms with Crippen molar-refractivity contribution in [3.05, 3.63) is 28.8 Å². The summed E-state index contributed by atoms with van der Waals surface area (Å²) in [6, 6.07) is 2.29. The second kappa shape index (κ2) is 3.95. The standard InChI is InChI=1S/C11H13N3S/c1-3-14-5-4-8-9(6-12)11(13-2)15-10(8)7-14/h3,13H,1,4-5,7H2,2H3. The fourth-order valence-corrected chi connectivity index (χ4v) is 3.05. The Bertz CT molecular complexity index is 428. The van der Waals surface area contributed by atoms with E-state index in [9.17, 15) is 0 Å². The lowest BCUT2D eigenvalue weighted by Crippen LogP contribution is -2.24. The molecular weight excluding hydrogens is 206 g/mol. The Morgan fingerprint density at radius 1 is 1.67 bits per heavy atom. The third-order valence-corrected chi connectivity index (χ3v) is 3.92. The van der Waals surface area contributed by atoms with Gasteiger partial charge in [-0.25, -0.2) is 0 Å². The molecule has 0 unspecified atom stereocenters. The van der Waals surface area contributed by atoms with E-state index in [1.165, 1.54) is 10.4 Å². The summed E-state index contributed by atoms with van der Waals surface area (Å²) < 4.78 is 0. The minimum Gasteiger partial charge on any atom is -0.379 e. The highest BCUT2D eigenvalue weighted by atomic mass is 32.1. The molecule has 1 aliphatic heterocycles. The zero-order chi connectivity index (χ0) is 10.8. The number of nitriles is 1. The van der Waals surface area contributed by atoms with Crippen LogP contribution in [0, 0.1) is 11.3 Å². The van der Waals surface area contributed by atoms with Gasteiger partial charge in [-0.2, -0.15) is 5.26 Å². The number of thiophene rings is 1. The topological polar surface area (TPSA) is 39.1 Å². The maximum atomic E-state index is 9.10. The van der Waals surface area contributed by atoms with Crippen molar-refractivity contribution in [2.45, 2.75) is 13.0 Å². The summed E-state index contributed by atoms with van der Waals surface area (Å²) >= 11 is 1.68. The van der Waals surface area contributed by atoms with Crippen LogP contribution in [0.4, 0.5) is 5.00 Å². The first-order chi connectivity index (χ1) is 7.30. The summed E-state index contributed by atoms with van der Waals surface area (Å²) in [5.41, 5.74) is 2.06. The zero-order valence-electron chi connectivity index (χ0n) is 8.71. The van der Waals surface area contributed by atoms with Crippen molar-refractivity contribution in [2.24, 2.45) is 0 Å². The Hall–Kier alpha value is -1.47. The van der Waals surface area contributed by atoms with E-state index >= 15 is 0 Å². The molecular formula is C11H13N3S. The minimum absolute atomic E-state index is 0.834. The Balaban J connectivity index is 2.42. The largest absolute Gasteiger partial charge is 0.379 e. The van der Waals surface area contributed by atoms with Gasteiger partial charge in [-0.15, -0.1) is 11.3 Å². The molecule has 0 radical (unpaired) electrons. The van der Waals surface area contributed by atoms with E-state index < -0.39 is 0 Å². The number of hydrogen-bond acceptors (Lipinski definition) is 4. The summed E-state index contributed by atoms with van der Waals surface area (Å²) in [5.74, 6) is 0. The van der Waals surface area contributed by atoms with Crippen LogP contribution < -0.4 is 5.32 Å². The van der Waals surface area contributed by atoms with Crippen molar-refractivity contribution in [3.8, 4) is 6.07 Å². The molecule has 78 valence electrons. The van der Waals surface area contributed by atoms with Gasteiger partial charge in [0.1, 0.15) is 11.1 Å². The number of rotatable bonds is 2. The van der Waals surface area contributed by atoms with Crippen LogP contribution in [0.1, 0.15) is 16.0 Å². The number of nitrogens with zero attached hydrogens (tertiary/aromatic N) is 2. The summed E-state index contributed by atoms with van der Waals surface area (Å²) in [4.78, 5) is 3.47. The van der Waals surface area contributed by atoms with Crippen LogP contribution >= 0.6 is 11.3 Å². The molecule has 1 aromatic heterocycles. The molecule has 1 aromatic rings. The van der Waals surface area contributed by atoms with Crippen molar-refractivity contribution in [1.82, 2.24) is 4.90 Å². The minimum atomic E-state index is 0.834. The van der Waals surface area contributed by atoms with Crippen LogP contribution in [0.5, 0.6) is 0 Å². The molecule has 15 heavy (non-hydrogen) atoms. The maximum Gasteiger partial charge on any atom is 0.107 e. The molecule has 4 heteroatoms. The van der Waals surface area contributed by atoms with Crippen molar-refractivity contribution >= 4 is 16.3 Å². The van der Waals surface area contributed by atoms with E-state index in [-0.39, 0.29) is 0 Å². The smallest absolute Gasteiger partial charge is 0.107 e. The Morgan fingerprint density at radius 3 is 3.07 bits per heavy atom. The first kappa shape index (κ1) is 10.1. The van der Waals surface area contributed by atoms with Crippen LogP contribution in [-0.4, -0.2) is 18.5 Å². The number of anilines is 1. The van der Waals surface area contributed by atoms with E-state index in [4.69, 9.17) is 5.26 Å². The molecule has 2 rings (SSSR count). The highest BCUT2D eigenvalue weighted by Crippen LogP contribution is 2.36. The van der Waals surface area contributed by atoms with E-state index in [0.29, 0.717) is 0 Å². The summed E-state index contributed by atoms with van der Waals surface area (Å²) in [6.07, 6.45) is 2.82. The molecule has 0 atom stereocenters. The lowest BCUT2D eigenvalue weighted by atomic mass is 10.0. The van der Waals surface area contributed by atoms with Crippen LogP contribution in [0.25, 0.3) is 0 Å². The van der Waals surface area contributed by atoms with Crippen molar-refractivity contribution in [2.75, 3.05) is 18.9 Å². The van der Waals surface area contributed by atoms with Gasteiger partial charge < -0.3 is 10.2 Å². The van der Waals surface area contributed by atoms with Gasteiger partial charge in [-0.3, -0.25) is 0 Å². The van der Waals surface area contributed by atoms with Gasteiger partial charge in [0.15, 0.2) is 0 Å². The SMILES string of the molecule is C=CN1CCc2c(sc(NC)c2C#N)C1. The second-order valence-corrected chi connectivity index (χ2v) is 4.58. The monoisotopic (exact) mass is 219 g/mol. The molecule has 1 aliphatic rings. The molecule has 3 nitrogen and oxygen atoms in total. The molecule has 0 fully saturated rings. The predicted molar refractivity (Wildman–Crippen MR) is 62.9 cm³/mol. The molecule has 0 spiro atoms. The molecule has 0 aromatic carbocycles. The number of hydrogen-bond donors (Lipinski definition) is 1. The van der Waals surface area contributed by atoms with Gasteiger partial charge in [0.05, 0.1) is 12.1 Å². The van der Waals surface area contributed by atoms with Crippen LogP contribution in [-0.2, 0) is 13.0 Å². The second-order valence-electron chi connectivity index (χ2n) is 3.47. The van der Waals surface area contributed by atoms with Gasteiger partial charge >= 0.3 is 0 Å². The highest BCUT2D eigenvalue weighted by molar-refractivity contribution is 7.16. The number of nitrogens with one attached hydrogen (secondary N) is 1. The Morgan fingerprint density at radius 2 is 2.47 bits per heavy atom. The summed E-state index contributed by atoms with van der Waals surface area (Å²) in [7, 11) is 1.86. The lowest BCUT2D eigenvalue weighted by molar-refractivity contribution is 0.358. The average Bonchev–Trinajstić information content (AvgIpc) is 2.65. The van der Waals surface area contributed by atoms with E-state index in [2.05, 4.69) is 22.9 Å². The fourth-order valence-electron chi connectivity index (χ4n) is 1.87. The predicted octanol–water partition coefficient (Wildman–Crippen LogP) is 2.16. The molecule has 0 saturated heterocycles. The number of fused-ring (bicyclic) bond motifs is 1. The van der Waals surface area contributed by atoms with Crippen LogP contribution in [0.2, 0.25) is 0 Å². The first-order valence-electron chi connectivity index (χ1n) is 4.89. The zero-order valence-corrected chi connectivity index (χ0v) is 9.52. The van der Waals surface area contributed by atoms with Gasteiger partial charge in [-0.1, -0.05) is 6.58 Å². The van der Waals surface area contributed by atoms with Crippen molar-refractivity contribution in [3.63, 3.8) is 0 Å². The van der Waals surface area contributed by atoms with Gasteiger partial charge in [0.2, 0.25) is 0 Å². The van der Waals surface area contributed by atoms with Gasteiger partial charge in [0, 0.05) is 18.5 Å². The molecule has 0 aliphatic carbocycles. The lowest BCUT2D eigenvalue weighted by Gasteiger charge is -2.24. The third-order valence-electron chi connectivity index (χ3n) is 2.68. The van der Waals surface area contributed by atoms with E-state index in [1.807, 2.05) is 13.2 Å². The quantitative estimate of drug-likeness (QED) is 0.828. The normalized spacial score (nSPS) is 14.3. The van der Waals surface area contributed by atoms with Crippen molar-refractivity contribution in [1.29, 1.82) is 5.26 Å². The van der Waals surface area contributed by atoms with Crippen molar-refractivity contribution < 1.29 is 0 Å². The Labute approximate surface area is 93.6 Å². The fraction of sp³-hybridized carbons (Fsp3) is 0.364. The summed E-state index contributed by atoms with van der Waals surface area (Å²) in [6.45, 7) is 5.63. The van der Waals surface area contributed by atoms with Crippen LogP contribution in [0.3, 0.4) is 0 Å². The third kappa shape index (κ3) is 1.59. The summed E-state index contributed by atoms with van der Waals surface area (Å²) in [5, 5.41) is 13.2. The van der Waals surface area contributed by atoms with Gasteiger partial charge in [-0.05, 0) is 18.2 Å². The molecule has 0 saturated carbocycles. The van der Waals surface area contributed by atoms with Gasteiger partial charge in [0.25, 0.3) is 0 Å². The van der Waals surface area contributed by atoms with E-state index in [0.717, 1.165) is 30.1 Å². The molecule has 2 heterocycles. The first-order valence-corrected chi connectivity index (χ1v) is 5.70. The average molecular weight is 219 g/mol. The molecule has 1 N–H and O–H groups in total. The molecule has 0 bridgehead atoms. The van der Waals surface area contributed by atoms with Crippen LogP contribution in [0.15, 0.2) is 12.8 Å². The Kier molecular flexibility index (Phi) is 2.65. The molecule has 0 amide bonds. The maximum absolute atomic E-state index is 9.10. The van der Waals surface area contributed by atoms with E-state index in [1.54, 1.807) is 11.3 Å². The highest BCUT2D eigenvalue weighted by Gasteiger charge is 2.22.